The maximum absolute atomic E-state index is 13.3. The molecular formula is C23H22ClN3O. The molecule has 0 saturated heterocycles. The van der Waals surface area contributed by atoms with E-state index in [0.29, 0.717) is 23.7 Å². The number of para-hydroxylation sites is 1. The summed E-state index contributed by atoms with van der Waals surface area (Å²) in [6.45, 7) is 2.00. The third-order valence-corrected chi connectivity index (χ3v) is 5.25. The van der Waals surface area contributed by atoms with Gasteiger partial charge in [-0.2, -0.15) is 0 Å². The summed E-state index contributed by atoms with van der Waals surface area (Å²) >= 11 is 6.27. The van der Waals surface area contributed by atoms with Crippen molar-refractivity contribution in [2.45, 2.75) is 6.54 Å². The lowest BCUT2D eigenvalue weighted by Crippen LogP contribution is -2.36. The van der Waals surface area contributed by atoms with Crippen molar-refractivity contribution in [3.63, 3.8) is 0 Å². The van der Waals surface area contributed by atoms with Crippen LogP contribution in [0.2, 0.25) is 5.02 Å². The molecule has 0 atom stereocenters. The molecule has 3 aromatic carbocycles. The van der Waals surface area contributed by atoms with Crippen LogP contribution >= 0.6 is 11.6 Å². The molecule has 0 fully saturated rings. The van der Waals surface area contributed by atoms with Gasteiger partial charge in [-0.25, -0.2) is 0 Å². The lowest BCUT2D eigenvalue weighted by atomic mass is 10.1. The van der Waals surface area contributed by atoms with Gasteiger partial charge in [0.2, 0.25) is 0 Å². The van der Waals surface area contributed by atoms with E-state index in [1.807, 2.05) is 72.6 Å². The van der Waals surface area contributed by atoms with Crippen LogP contribution in [-0.4, -0.2) is 26.0 Å². The highest BCUT2D eigenvalue weighted by Gasteiger charge is 2.29. The van der Waals surface area contributed by atoms with E-state index in [4.69, 9.17) is 11.6 Å². The zero-order valence-corrected chi connectivity index (χ0v) is 16.5. The summed E-state index contributed by atoms with van der Waals surface area (Å²) in [6, 6.07) is 23.7. The number of fused-ring (bicyclic) bond motifs is 2. The standard InChI is InChI=1S/C23H22ClN3O/c1-26-20-10-6-5-9-19(20)23(28)27(22-15-18(24)11-12-21(22)26)14-13-25-16-17-7-3-2-4-8-17/h2-12,15,25H,13-14,16H2,1H3. The Labute approximate surface area is 170 Å². The normalized spacial score (nSPS) is 13.1. The fourth-order valence-corrected chi connectivity index (χ4v) is 3.74. The van der Waals surface area contributed by atoms with Gasteiger partial charge in [-0.15, -0.1) is 0 Å². The highest BCUT2D eigenvalue weighted by Crippen LogP contribution is 2.40. The number of nitrogens with one attached hydrogen (secondary N) is 1. The van der Waals surface area contributed by atoms with Crippen LogP contribution in [0.5, 0.6) is 0 Å². The Hall–Kier alpha value is -2.82. The first kappa shape index (κ1) is 18.5. The van der Waals surface area contributed by atoms with Gasteiger partial charge in [-0.3, -0.25) is 4.79 Å². The molecule has 4 rings (SSSR count). The first-order valence-corrected chi connectivity index (χ1v) is 9.72. The van der Waals surface area contributed by atoms with E-state index < -0.39 is 0 Å². The van der Waals surface area contributed by atoms with Crippen molar-refractivity contribution < 1.29 is 4.79 Å². The monoisotopic (exact) mass is 391 g/mol. The van der Waals surface area contributed by atoms with Crippen molar-refractivity contribution in [3.8, 4) is 0 Å². The molecule has 0 radical (unpaired) electrons. The molecule has 1 aliphatic rings. The van der Waals surface area contributed by atoms with Gasteiger partial charge in [0.1, 0.15) is 0 Å². The largest absolute Gasteiger partial charge is 0.342 e. The van der Waals surface area contributed by atoms with Gasteiger partial charge in [0.15, 0.2) is 0 Å². The second-order valence-corrected chi connectivity index (χ2v) is 7.26. The van der Waals surface area contributed by atoms with Crippen LogP contribution in [0, 0.1) is 0 Å². The number of carbonyl (C=O) groups is 1. The number of rotatable bonds is 5. The Bertz CT molecular complexity index is 990. The van der Waals surface area contributed by atoms with Crippen LogP contribution in [-0.2, 0) is 6.54 Å². The minimum Gasteiger partial charge on any atom is -0.342 e. The van der Waals surface area contributed by atoms with Crippen molar-refractivity contribution in [1.82, 2.24) is 5.32 Å². The second-order valence-electron chi connectivity index (χ2n) is 6.83. The van der Waals surface area contributed by atoms with Crippen LogP contribution in [0.4, 0.5) is 17.1 Å². The third-order valence-electron chi connectivity index (χ3n) is 5.01. The number of hydrogen-bond acceptors (Lipinski definition) is 3. The highest BCUT2D eigenvalue weighted by atomic mass is 35.5. The lowest BCUT2D eigenvalue weighted by molar-refractivity contribution is 0.0988. The molecule has 142 valence electrons. The zero-order valence-electron chi connectivity index (χ0n) is 15.7. The number of benzene rings is 3. The molecular weight excluding hydrogens is 370 g/mol. The Morgan fingerprint density at radius 2 is 1.64 bits per heavy atom. The van der Waals surface area contributed by atoms with Crippen LogP contribution < -0.4 is 15.1 Å². The van der Waals surface area contributed by atoms with Crippen LogP contribution in [0.25, 0.3) is 0 Å². The minimum atomic E-state index is -0.00928. The summed E-state index contributed by atoms with van der Waals surface area (Å²) in [5.74, 6) is -0.00928. The summed E-state index contributed by atoms with van der Waals surface area (Å²) in [4.78, 5) is 17.2. The smallest absolute Gasteiger partial charge is 0.260 e. The lowest BCUT2D eigenvalue weighted by Gasteiger charge is -2.25. The van der Waals surface area contributed by atoms with Gasteiger partial charge in [0, 0.05) is 31.7 Å². The number of amides is 1. The molecule has 28 heavy (non-hydrogen) atoms. The predicted molar refractivity (Wildman–Crippen MR) is 116 cm³/mol. The third kappa shape index (κ3) is 3.61. The molecule has 5 heteroatoms. The average Bonchev–Trinajstić information content (AvgIpc) is 2.81. The van der Waals surface area contributed by atoms with Gasteiger partial charge >= 0.3 is 0 Å². The number of halogens is 1. The van der Waals surface area contributed by atoms with Crippen LogP contribution in [0.1, 0.15) is 15.9 Å². The summed E-state index contributed by atoms with van der Waals surface area (Å²) in [7, 11) is 1.98. The number of carbonyl (C=O) groups excluding carboxylic acids is 1. The van der Waals surface area contributed by atoms with E-state index in [-0.39, 0.29) is 5.91 Å². The number of hydrogen-bond donors (Lipinski definition) is 1. The number of anilines is 3. The van der Waals surface area contributed by atoms with Gasteiger partial charge in [0.05, 0.1) is 22.6 Å². The molecule has 0 bridgehead atoms. The molecule has 4 nitrogen and oxygen atoms in total. The Kier molecular flexibility index (Phi) is 5.33. The minimum absolute atomic E-state index is 0.00928. The molecule has 0 unspecified atom stereocenters. The van der Waals surface area contributed by atoms with Crippen molar-refractivity contribution >= 4 is 34.6 Å². The molecule has 1 amide bonds. The molecule has 1 heterocycles. The van der Waals surface area contributed by atoms with Crippen molar-refractivity contribution in [1.29, 1.82) is 0 Å². The molecule has 1 aliphatic heterocycles. The van der Waals surface area contributed by atoms with Gasteiger partial charge < -0.3 is 15.1 Å². The highest BCUT2D eigenvalue weighted by molar-refractivity contribution is 6.31. The maximum Gasteiger partial charge on any atom is 0.260 e. The Morgan fingerprint density at radius 3 is 2.46 bits per heavy atom. The van der Waals surface area contributed by atoms with Crippen molar-refractivity contribution in [2.24, 2.45) is 0 Å². The van der Waals surface area contributed by atoms with Crippen LogP contribution in [0.3, 0.4) is 0 Å². The van der Waals surface area contributed by atoms with E-state index in [0.717, 1.165) is 23.6 Å². The maximum atomic E-state index is 13.3. The van der Waals surface area contributed by atoms with E-state index in [1.54, 1.807) is 0 Å². The first-order chi connectivity index (χ1) is 13.6. The molecule has 0 aliphatic carbocycles. The van der Waals surface area contributed by atoms with E-state index in [2.05, 4.69) is 22.3 Å². The predicted octanol–water partition coefficient (Wildman–Crippen LogP) is 4.86. The van der Waals surface area contributed by atoms with E-state index >= 15 is 0 Å². The molecule has 0 spiro atoms. The summed E-state index contributed by atoms with van der Waals surface area (Å²) in [5, 5.41) is 4.05. The Morgan fingerprint density at radius 1 is 0.893 bits per heavy atom. The van der Waals surface area contributed by atoms with Crippen LogP contribution in [0.15, 0.2) is 72.8 Å². The fourth-order valence-electron chi connectivity index (χ4n) is 3.57. The second kappa shape index (κ2) is 8.05. The van der Waals surface area contributed by atoms with E-state index in [9.17, 15) is 4.79 Å². The number of nitrogens with zero attached hydrogens (tertiary/aromatic N) is 2. The van der Waals surface area contributed by atoms with Gasteiger partial charge in [-0.1, -0.05) is 54.1 Å². The molecule has 0 saturated carbocycles. The SMILES string of the molecule is CN1c2ccccc2C(=O)N(CCNCc2ccccc2)c2cc(Cl)ccc21. The summed E-state index contributed by atoms with van der Waals surface area (Å²) in [6.07, 6.45) is 0. The zero-order chi connectivity index (χ0) is 19.5. The summed E-state index contributed by atoms with van der Waals surface area (Å²) in [5.41, 5.74) is 4.61. The quantitative estimate of drug-likeness (QED) is 0.631. The van der Waals surface area contributed by atoms with Gasteiger partial charge in [-0.05, 0) is 35.9 Å². The first-order valence-electron chi connectivity index (χ1n) is 9.34. The Balaban J connectivity index is 1.60. The molecule has 1 N–H and O–H groups in total. The fraction of sp³-hybridized carbons (Fsp3) is 0.174. The van der Waals surface area contributed by atoms with Crippen molar-refractivity contribution in [3.05, 3.63) is 88.9 Å². The van der Waals surface area contributed by atoms with E-state index in [1.165, 1.54) is 5.56 Å². The topological polar surface area (TPSA) is 35.6 Å². The van der Waals surface area contributed by atoms with Gasteiger partial charge in [0.25, 0.3) is 5.91 Å². The summed E-state index contributed by atoms with van der Waals surface area (Å²) < 4.78 is 0. The average molecular weight is 392 g/mol. The van der Waals surface area contributed by atoms with Crippen molar-refractivity contribution in [2.75, 3.05) is 29.9 Å². The molecule has 0 aromatic heterocycles. The molecule has 3 aromatic rings.